The second-order valence-corrected chi connectivity index (χ2v) is 9.60. The summed E-state index contributed by atoms with van der Waals surface area (Å²) in [5.74, 6) is 0. The predicted molar refractivity (Wildman–Crippen MR) is 50.9 cm³/mol. The van der Waals surface area contributed by atoms with E-state index in [-0.39, 0.29) is 0 Å². The fourth-order valence-electron chi connectivity index (χ4n) is 0.884. The maximum atomic E-state index is 10.0. The fraction of sp³-hybridized carbons (Fsp3) is 1.00. The SMILES string of the molecule is C1CCCC1.CP(=O)(O)P(=O)(O)O. The highest BCUT2D eigenvalue weighted by molar-refractivity contribution is 8.28. The van der Waals surface area contributed by atoms with Crippen molar-refractivity contribution in [2.24, 2.45) is 0 Å². The summed E-state index contributed by atoms with van der Waals surface area (Å²) in [6, 6.07) is 0. The third-order valence-electron chi connectivity index (χ3n) is 1.73. The second-order valence-electron chi connectivity index (χ2n) is 3.12. The van der Waals surface area contributed by atoms with Crippen molar-refractivity contribution in [3.05, 3.63) is 0 Å². The van der Waals surface area contributed by atoms with Crippen LogP contribution in [0.4, 0.5) is 0 Å². The first kappa shape index (κ1) is 13.3. The topological polar surface area (TPSA) is 94.8 Å². The van der Waals surface area contributed by atoms with Crippen LogP contribution in [0.15, 0.2) is 0 Å². The van der Waals surface area contributed by atoms with Crippen LogP contribution < -0.4 is 0 Å². The molecule has 1 unspecified atom stereocenters. The Labute approximate surface area is 77.7 Å². The van der Waals surface area contributed by atoms with E-state index in [2.05, 4.69) is 0 Å². The van der Waals surface area contributed by atoms with Crippen LogP contribution in [0.2, 0.25) is 0 Å². The van der Waals surface area contributed by atoms with Gasteiger partial charge in [-0.05, 0) is 0 Å². The van der Waals surface area contributed by atoms with Crippen LogP contribution in [0, 0.1) is 0 Å². The van der Waals surface area contributed by atoms with Crippen LogP contribution in [0.5, 0.6) is 0 Å². The van der Waals surface area contributed by atoms with Gasteiger partial charge in [0.1, 0.15) is 0 Å². The van der Waals surface area contributed by atoms with Crippen molar-refractivity contribution >= 4 is 14.3 Å². The van der Waals surface area contributed by atoms with Gasteiger partial charge in [0, 0.05) is 6.66 Å². The predicted octanol–water partition coefficient (Wildman–Crippen LogP) is 1.93. The highest BCUT2D eigenvalue weighted by Gasteiger charge is 2.33. The van der Waals surface area contributed by atoms with Gasteiger partial charge in [-0.15, -0.1) is 0 Å². The normalized spacial score (nSPS) is 21.5. The average molecular weight is 230 g/mol. The molecule has 1 saturated carbocycles. The molecule has 1 fully saturated rings. The zero-order valence-electron chi connectivity index (χ0n) is 7.59. The van der Waals surface area contributed by atoms with E-state index in [1.165, 1.54) is 32.1 Å². The summed E-state index contributed by atoms with van der Waals surface area (Å²) in [5, 5.41) is 0. The van der Waals surface area contributed by atoms with Crippen molar-refractivity contribution in [2.45, 2.75) is 32.1 Å². The Morgan fingerprint density at radius 1 is 0.846 bits per heavy atom. The highest BCUT2D eigenvalue weighted by atomic mass is 32.1. The molecule has 80 valence electrons. The fourth-order valence-corrected chi connectivity index (χ4v) is 0.884. The summed E-state index contributed by atoms with van der Waals surface area (Å²) in [4.78, 5) is 24.1. The van der Waals surface area contributed by atoms with Crippen molar-refractivity contribution in [3.63, 3.8) is 0 Å². The largest absolute Gasteiger partial charge is 0.407 e. The summed E-state index contributed by atoms with van der Waals surface area (Å²) in [7, 11) is -8.92. The molecule has 0 radical (unpaired) electrons. The molecule has 0 heterocycles. The van der Waals surface area contributed by atoms with Gasteiger partial charge in [0.05, 0.1) is 0 Å². The molecular weight excluding hydrogens is 214 g/mol. The third-order valence-corrected chi connectivity index (χ3v) is 5.60. The maximum absolute atomic E-state index is 10.0. The molecule has 5 nitrogen and oxygen atoms in total. The van der Waals surface area contributed by atoms with Crippen molar-refractivity contribution in [3.8, 4) is 0 Å². The first-order valence-corrected chi connectivity index (χ1v) is 8.54. The Kier molecular flexibility index (Phi) is 5.42. The van der Waals surface area contributed by atoms with Crippen LogP contribution in [-0.2, 0) is 9.13 Å². The molecule has 0 spiro atoms. The third kappa shape index (κ3) is 6.42. The van der Waals surface area contributed by atoms with E-state index >= 15 is 0 Å². The van der Waals surface area contributed by atoms with Gasteiger partial charge >= 0.3 is 14.3 Å². The maximum Gasteiger partial charge on any atom is 0.407 e. The van der Waals surface area contributed by atoms with E-state index in [9.17, 15) is 9.13 Å². The van der Waals surface area contributed by atoms with Crippen molar-refractivity contribution < 1.29 is 23.8 Å². The number of hydrogen-bond donors (Lipinski definition) is 3. The summed E-state index contributed by atoms with van der Waals surface area (Å²) in [6.07, 6.45) is 7.50. The van der Waals surface area contributed by atoms with Gasteiger partial charge in [-0.25, -0.2) is 4.57 Å². The molecule has 13 heavy (non-hydrogen) atoms. The molecule has 3 N–H and O–H groups in total. The molecule has 0 amide bonds. The van der Waals surface area contributed by atoms with E-state index in [1.54, 1.807) is 0 Å². The van der Waals surface area contributed by atoms with Crippen molar-refractivity contribution in [2.75, 3.05) is 6.66 Å². The average Bonchev–Trinajstić information content (AvgIpc) is 2.35. The van der Waals surface area contributed by atoms with E-state index in [1.807, 2.05) is 0 Å². The Bertz CT molecular complexity index is 196. The molecule has 0 aromatic rings. The molecule has 0 bridgehead atoms. The monoisotopic (exact) mass is 230 g/mol. The lowest BCUT2D eigenvalue weighted by Gasteiger charge is -2.04. The zero-order chi connectivity index (χ0) is 10.5. The van der Waals surface area contributed by atoms with E-state index < -0.39 is 14.3 Å². The quantitative estimate of drug-likeness (QED) is 0.598. The first-order valence-electron chi connectivity index (χ1n) is 4.11. The molecule has 7 heteroatoms. The van der Waals surface area contributed by atoms with Gasteiger partial charge in [0.15, 0.2) is 0 Å². The smallest absolute Gasteiger partial charge is 0.336 e. The Morgan fingerprint density at radius 3 is 1.08 bits per heavy atom. The highest BCUT2D eigenvalue weighted by Crippen LogP contribution is 2.71. The lowest BCUT2D eigenvalue weighted by Crippen LogP contribution is -1.77. The van der Waals surface area contributed by atoms with E-state index in [0.717, 1.165) is 0 Å². The number of hydrogen-bond acceptors (Lipinski definition) is 2. The molecule has 0 aromatic carbocycles. The zero-order valence-corrected chi connectivity index (χ0v) is 9.38. The Morgan fingerprint density at radius 2 is 1.00 bits per heavy atom. The first-order chi connectivity index (χ1) is 5.75. The minimum absolute atomic E-state index is 0.619. The van der Waals surface area contributed by atoms with Gasteiger partial charge in [-0.2, -0.15) is 0 Å². The molecule has 1 atom stereocenters. The molecule has 0 saturated heterocycles. The minimum Gasteiger partial charge on any atom is -0.336 e. The number of rotatable bonds is 1. The molecular formula is C6H16O5P2. The van der Waals surface area contributed by atoms with E-state index in [4.69, 9.17) is 14.7 Å². The van der Waals surface area contributed by atoms with Gasteiger partial charge in [-0.3, -0.25) is 4.57 Å². The molecule has 1 rings (SSSR count). The standard InChI is InChI=1S/C5H10.CH6O5P2/c1-2-4-5-3-1;1-7(2,3)8(4,5)6/h1-5H2;1H3,(H,2,3)(H2,4,5,6). The summed E-state index contributed by atoms with van der Waals surface area (Å²) in [6.45, 7) is 0.619. The Hall–Kier alpha value is 0.340. The summed E-state index contributed by atoms with van der Waals surface area (Å²) < 4.78 is 19.9. The van der Waals surface area contributed by atoms with Crippen LogP contribution in [0.1, 0.15) is 32.1 Å². The van der Waals surface area contributed by atoms with Gasteiger partial charge in [-0.1, -0.05) is 32.1 Å². The Balaban J connectivity index is 0.000000243. The summed E-state index contributed by atoms with van der Waals surface area (Å²) in [5.41, 5.74) is 0. The van der Waals surface area contributed by atoms with Crippen molar-refractivity contribution in [1.29, 1.82) is 0 Å². The van der Waals surface area contributed by atoms with Gasteiger partial charge in [0.2, 0.25) is 0 Å². The van der Waals surface area contributed by atoms with Gasteiger partial charge < -0.3 is 14.7 Å². The van der Waals surface area contributed by atoms with Gasteiger partial charge in [0.25, 0.3) is 0 Å². The molecule has 1 aliphatic rings. The summed E-state index contributed by atoms with van der Waals surface area (Å²) >= 11 is 0. The van der Waals surface area contributed by atoms with Crippen LogP contribution in [0.25, 0.3) is 0 Å². The lowest BCUT2D eigenvalue weighted by molar-refractivity contribution is 0.378. The van der Waals surface area contributed by atoms with Crippen LogP contribution in [-0.4, -0.2) is 21.3 Å². The van der Waals surface area contributed by atoms with Crippen molar-refractivity contribution in [1.82, 2.24) is 0 Å². The molecule has 0 aliphatic heterocycles. The minimum atomic E-state index is -4.74. The molecule has 1 aliphatic carbocycles. The van der Waals surface area contributed by atoms with E-state index in [0.29, 0.717) is 6.66 Å². The molecule has 0 aromatic heterocycles. The second kappa shape index (κ2) is 5.28. The van der Waals surface area contributed by atoms with Crippen LogP contribution in [0.3, 0.4) is 0 Å². The van der Waals surface area contributed by atoms with Crippen LogP contribution >= 0.6 is 14.3 Å². The lowest BCUT2D eigenvalue weighted by atomic mass is 10.4.